The Morgan fingerprint density at radius 2 is 2.46 bits per heavy atom. The van der Waals surface area contributed by atoms with Crippen LogP contribution in [0.3, 0.4) is 0 Å². The minimum absolute atomic E-state index is 0.448. The monoisotopic (exact) mass is 194 g/mol. The standard InChI is InChI=1S/C10H14N2S/c1-7-3-4-11-5-9(7)10-12-8(2)6-13-10/h3-5,8,10,12H,6H2,1-2H3. The average molecular weight is 194 g/mol. The van der Waals surface area contributed by atoms with E-state index in [4.69, 9.17) is 0 Å². The number of thioether (sulfide) groups is 1. The molecule has 1 aromatic rings. The lowest BCUT2D eigenvalue weighted by molar-refractivity contribution is 0.615. The van der Waals surface area contributed by atoms with E-state index in [1.165, 1.54) is 16.9 Å². The Morgan fingerprint density at radius 1 is 1.62 bits per heavy atom. The normalized spacial score (nSPS) is 27.8. The van der Waals surface area contributed by atoms with Gasteiger partial charge < -0.3 is 0 Å². The van der Waals surface area contributed by atoms with Crippen molar-refractivity contribution in [2.75, 3.05) is 5.75 Å². The zero-order valence-electron chi connectivity index (χ0n) is 7.95. The van der Waals surface area contributed by atoms with Crippen LogP contribution < -0.4 is 5.32 Å². The Morgan fingerprint density at radius 3 is 3.08 bits per heavy atom. The molecule has 2 rings (SSSR count). The molecule has 0 aromatic carbocycles. The van der Waals surface area contributed by atoms with Crippen molar-refractivity contribution in [3.8, 4) is 0 Å². The van der Waals surface area contributed by atoms with Crippen molar-refractivity contribution in [3.63, 3.8) is 0 Å². The summed E-state index contributed by atoms with van der Waals surface area (Å²) in [6, 6.07) is 2.69. The minimum Gasteiger partial charge on any atom is -0.298 e. The number of hydrogen-bond donors (Lipinski definition) is 1. The molecule has 2 nitrogen and oxygen atoms in total. The van der Waals surface area contributed by atoms with Crippen LogP contribution in [0.4, 0.5) is 0 Å². The number of hydrogen-bond acceptors (Lipinski definition) is 3. The number of rotatable bonds is 1. The molecule has 0 aliphatic carbocycles. The smallest absolute Gasteiger partial charge is 0.0809 e. The summed E-state index contributed by atoms with van der Waals surface area (Å²) in [6.45, 7) is 4.36. The molecule has 1 aliphatic rings. The third-order valence-electron chi connectivity index (χ3n) is 2.31. The SMILES string of the molecule is Cc1ccncc1C1NC(C)CS1. The number of pyridine rings is 1. The molecule has 13 heavy (non-hydrogen) atoms. The molecule has 0 amide bonds. The second kappa shape index (κ2) is 3.68. The van der Waals surface area contributed by atoms with Gasteiger partial charge in [0, 0.05) is 29.8 Å². The molecule has 2 heterocycles. The maximum Gasteiger partial charge on any atom is 0.0809 e. The van der Waals surface area contributed by atoms with Gasteiger partial charge in [0.05, 0.1) is 5.37 Å². The predicted molar refractivity (Wildman–Crippen MR) is 56.8 cm³/mol. The van der Waals surface area contributed by atoms with E-state index in [0.717, 1.165) is 0 Å². The van der Waals surface area contributed by atoms with Gasteiger partial charge in [0.2, 0.25) is 0 Å². The Kier molecular flexibility index (Phi) is 2.56. The first-order valence-corrected chi connectivity index (χ1v) is 5.60. The topological polar surface area (TPSA) is 24.9 Å². The highest BCUT2D eigenvalue weighted by Crippen LogP contribution is 2.33. The fraction of sp³-hybridized carbons (Fsp3) is 0.500. The van der Waals surface area contributed by atoms with E-state index in [1.807, 2.05) is 24.2 Å². The van der Waals surface area contributed by atoms with Crippen LogP contribution in [0.25, 0.3) is 0 Å². The summed E-state index contributed by atoms with van der Waals surface area (Å²) < 4.78 is 0. The first kappa shape index (κ1) is 9.03. The Balaban J connectivity index is 2.21. The van der Waals surface area contributed by atoms with Gasteiger partial charge in [-0.2, -0.15) is 0 Å². The number of nitrogens with zero attached hydrogens (tertiary/aromatic N) is 1. The molecule has 0 bridgehead atoms. The minimum atomic E-state index is 0.448. The van der Waals surface area contributed by atoms with E-state index >= 15 is 0 Å². The van der Waals surface area contributed by atoms with Gasteiger partial charge in [0.15, 0.2) is 0 Å². The predicted octanol–water partition coefficient (Wildman–Crippen LogP) is 2.11. The average Bonchev–Trinajstić information content (AvgIpc) is 2.53. The number of aromatic nitrogens is 1. The number of nitrogens with one attached hydrogen (secondary N) is 1. The molecule has 2 unspecified atom stereocenters. The molecule has 1 aliphatic heterocycles. The summed E-state index contributed by atoms with van der Waals surface area (Å²) in [7, 11) is 0. The highest BCUT2D eigenvalue weighted by molar-refractivity contribution is 7.99. The zero-order chi connectivity index (χ0) is 9.26. The summed E-state index contributed by atoms with van der Waals surface area (Å²) in [5.74, 6) is 1.19. The van der Waals surface area contributed by atoms with Crippen molar-refractivity contribution in [2.24, 2.45) is 0 Å². The molecule has 70 valence electrons. The van der Waals surface area contributed by atoms with Crippen molar-refractivity contribution in [2.45, 2.75) is 25.3 Å². The van der Waals surface area contributed by atoms with Crippen molar-refractivity contribution >= 4 is 11.8 Å². The van der Waals surface area contributed by atoms with Crippen molar-refractivity contribution < 1.29 is 0 Å². The van der Waals surface area contributed by atoms with E-state index in [-0.39, 0.29) is 0 Å². The lowest BCUT2D eigenvalue weighted by atomic mass is 10.1. The van der Waals surface area contributed by atoms with Crippen LogP contribution in [0.1, 0.15) is 23.4 Å². The summed E-state index contributed by atoms with van der Waals surface area (Å²) in [4.78, 5) is 4.16. The second-order valence-corrected chi connectivity index (χ2v) is 4.65. The van der Waals surface area contributed by atoms with Gasteiger partial charge >= 0.3 is 0 Å². The third-order valence-corrected chi connectivity index (χ3v) is 3.73. The number of aryl methyl sites for hydroxylation is 1. The van der Waals surface area contributed by atoms with Gasteiger partial charge in [-0.3, -0.25) is 10.3 Å². The fourth-order valence-corrected chi connectivity index (χ4v) is 2.86. The molecular formula is C10H14N2S. The summed E-state index contributed by atoms with van der Waals surface area (Å²) in [5, 5.41) is 3.98. The Bertz CT molecular complexity index is 301. The Labute approximate surface area is 83.1 Å². The quantitative estimate of drug-likeness (QED) is 0.741. The van der Waals surface area contributed by atoms with E-state index in [9.17, 15) is 0 Å². The van der Waals surface area contributed by atoms with E-state index in [0.29, 0.717) is 11.4 Å². The maximum atomic E-state index is 4.16. The highest BCUT2D eigenvalue weighted by atomic mass is 32.2. The van der Waals surface area contributed by atoms with Gasteiger partial charge in [-0.1, -0.05) is 0 Å². The van der Waals surface area contributed by atoms with Crippen molar-refractivity contribution in [3.05, 3.63) is 29.6 Å². The summed E-state index contributed by atoms with van der Waals surface area (Å²) in [6.07, 6.45) is 3.82. The van der Waals surface area contributed by atoms with E-state index in [2.05, 4.69) is 30.2 Å². The van der Waals surface area contributed by atoms with Crippen LogP contribution in [0.5, 0.6) is 0 Å². The van der Waals surface area contributed by atoms with Crippen molar-refractivity contribution in [1.29, 1.82) is 0 Å². The van der Waals surface area contributed by atoms with E-state index < -0.39 is 0 Å². The maximum absolute atomic E-state index is 4.16. The molecule has 1 N–H and O–H groups in total. The molecule has 0 radical (unpaired) electrons. The van der Waals surface area contributed by atoms with Gasteiger partial charge in [-0.15, -0.1) is 11.8 Å². The summed E-state index contributed by atoms with van der Waals surface area (Å²) in [5.41, 5.74) is 2.66. The molecule has 2 atom stereocenters. The first-order valence-electron chi connectivity index (χ1n) is 4.55. The molecule has 1 saturated heterocycles. The first-order chi connectivity index (χ1) is 6.27. The van der Waals surface area contributed by atoms with E-state index in [1.54, 1.807) is 0 Å². The molecular weight excluding hydrogens is 180 g/mol. The van der Waals surface area contributed by atoms with Crippen molar-refractivity contribution in [1.82, 2.24) is 10.3 Å². The largest absolute Gasteiger partial charge is 0.298 e. The van der Waals surface area contributed by atoms with Gasteiger partial charge in [-0.25, -0.2) is 0 Å². The van der Waals surface area contributed by atoms with Gasteiger partial charge in [0.25, 0.3) is 0 Å². The zero-order valence-corrected chi connectivity index (χ0v) is 8.77. The van der Waals surface area contributed by atoms with Crippen LogP contribution in [-0.2, 0) is 0 Å². The summed E-state index contributed by atoms with van der Waals surface area (Å²) >= 11 is 1.97. The highest BCUT2D eigenvalue weighted by Gasteiger charge is 2.23. The molecule has 3 heteroatoms. The molecule has 0 spiro atoms. The molecule has 1 fully saturated rings. The molecule has 1 aromatic heterocycles. The van der Waals surface area contributed by atoms with Crippen LogP contribution in [0.15, 0.2) is 18.5 Å². The van der Waals surface area contributed by atoms with Crippen LogP contribution in [0, 0.1) is 6.92 Å². The fourth-order valence-electron chi connectivity index (χ4n) is 1.53. The van der Waals surface area contributed by atoms with Crippen LogP contribution in [0.2, 0.25) is 0 Å². The van der Waals surface area contributed by atoms with Crippen LogP contribution in [-0.4, -0.2) is 16.8 Å². The molecule has 0 saturated carbocycles. The van der Waals surface area contributed by atoms with Crippen LogP contribution >= 0.6 is 11.8 Å². The lowest BCUT2D eigenvalue weighted by Crippen LogP contribution is -2.22. The second-order valence-electron chi connectivity index (χ2n) is 3.51. The van der Waals surface area contributed by atoms with Gasteiger partial charge in [0.1, 0.15) is 0 Å². The third kappa shape index (κ3) is 1.86. The lowest BCUT2D eigenvalue weighted by Gasteiger charge is -2.12. The Hall–Kier alpha value is -0.540. The van der Waals surface area contributed by atoms with Gasteiger partial charge in [-0.05, 0) is 25.5 Å².